The van der Waals surface area contributed by atoms with Gasteiger partial charge in [-0.15, -0.1) is 0 Å². The van der Waals surface area contributed by atoms with Gasteiger partial charge in [0.15, 0.2) is 0 Å². The lowest BCUT2D eigenvalue weighted by molar-refractivity contribution is -0.126. The minimum Gasteiger partial charge on any atom is -0.352 e. The van der Waals surface area contributed by atoms with Gasteiger partial charge in [0.05, 0.1) is 0 Å². The summed E-state index contributed by atoms with van der Waals surface area (Å²) in [5.74, 6) is -0.160. The number of amides is 1. The fraction of sp³-hybridized carbons (Fsp3) is 0.400. The van der Waals surface area contributed by atoms with E-state index in [4.69, 9.17) is 0 Å². The first-order chi connectivity index (χ1) is 15.4. The van der Waals surface area contributed by atoms with Gasteiger partial charge in [-0.05, 0) is 49.2 Å². The molecule has 1 heterocycles. The Morgan fingerprint density at radius 1 is 1.09 bits per heavy atom. The van der Waals surface area contributed by atoms with Crippen molar-refractivity contribution < 1.29 is 13.2 Å². The second-order valence-electron chi connectivity index (χ2n) is 8.30. The molecule has 0 atom stereocenters. The highest BCUT2D eigenvalue weighted by Crippen LogP contribution is 2.21. The van der Waals surface area contributed by atoms with Gasteiger partial charge in [0.25, 0.3) is 0 Å². The third kappa shape index (κ3) is 7.02. The zero-order valence-electron chi connectivity index (χ0n) is 18.9. The lowest BCUT2D eigenvalue weighted by Gasteiger charge is -2.29. The number of nitrogens with one attached hydrogen (secondary N) is 1. The van der Waals surface area contributed by atoms with E-state index in [1.807, 2.05) is 42.5 Å². The van der Waals surface area contributed by atoms with Crippen molar-refractivity contribution in [3.63, 3.8) is 0 Å². The summed E-state index contributed by atoms with van der Waals surface area (Å²) in [4.78, 5) is 14.9. The molecule has 1 saturated heterocycles. The highest BCUT2D eigenvalue weighted by Gasteiger charge is 2.29. The Labute approximate surface area is 192 Å². The third-order valence-corrected chi connectivity index (χ3v) is 7.43. The van der Waals surface area contributed by atoms with Crippen molar-refractivity contribution in [3.8, 4) is 0 Å². The first-order valence-electron chi connectivity index (χ1n) is 11.1. The summed E-state index contributed by atoms with van der Waals surface area (Å²) < 4.78 is 26.7. The Kier molecular flexibility index (Phi) is 8.61. The normalized spacial score (nSPS) is 16.0. The number of benzene rings is 2. The zero-order chi connectivity index (χ0) is 23.0. The van der Waals surface area contributed by atoms with Crippen LogP contribution in [0.3, 0.4) is 0 Å². The molecule has 0 bridgehead atoms. The summed E-state index contributed by atoms with van der Waals surface area (Å²) in [5.41, 5.74) is 3.14. The Bertz CT molecular complexity index is 1010. The lowest BCUT2D eigenvalue weighted by Crippen LogP contribution is -2.42. The van der Waals surface area contributed by atoms with Crippen LogP contribution in [-0.4, -0.2) is 50.2 Å². The molecule has 7 heteroatoms. The van der Waals surface area contributed by atoms with E-state index in [1.54, 1.807) is 6.08 Å². The average molecular weight is 456 g/mol. The minimum absolute atomic E-state index is 0.00189. The molecule has 0 spiro atoms. The third-order valence-electron chi connectivity index (χ3n) is 5.87. The number of hydrogen-bond donors (Lipinski definition) is 1. The highest BCUT2D eigenvalue weighted by molar-refractivity contribution is 7.92. The van der Waals surface area contributed by atoms with E-state index in [0.29, 0.717) is 32.5 Å². The fourth-order valence-electron chi connectivity index (χ4n) is 3.78. The molecule has 1 N–H and O–H groups in total. The van der Waals surface area contributed by atoms with E-state index in [1.165, 1.54) is 15.3 Å². The predicted molar refractivity (Wildman–Crippen MR) is 129 cm³/mol. The van der Waals surface area contributed by atoms with E-state index in [-0.39, 0.29) is 11.8 Å². The van der Waals surface area contributed by atoms with Crippen LogP contribution in [-0.2, 0) is 27.9 Å². The Morgan fingerprint density at radius 3 is 2.47 bits per heavy atom. The number of sulfonamides is 1. The molecule has 0 aromatic heterocycles. The minimum atomic E-state index is -3.49. The quantitative estimate of drug-likeness (QED) is 0.629. The van der Waals surface area contributed by atoms with E-state index in [9.17, 15) is 13.2 Å². The van der Waals surface area contributed by atoms with Gasteiger partial charge in [-0.1, -0.05) is 61.5 Å². The van der Waals surface area contributed by atoms with Gasteiger partial charge < -0.3 is 10.2 Å². The highest BCUT2D eigenvalue weighted by atomic mass is 32.2. The molecular weight excluding hydrogens is 422 g/mol. The van der Waals surface area contributed by atoms with E-state index >= 15 is 0 Å². The maximum atomic E-state index is 12.6. The zero-order valence-corrected chi connectivity index (χ0v) is 19.7. The van der Waals surface area contributed by atoms with Crippen LogP contribution in [0.5, 0.6) is 0 Å². The summed E-state index contributed by atoms with van der Waals surface area (Å²) in [6.07, 6.45) is 2.68. The number of hydrogen-bond acceptors (Lipinski definition) is 4. The fourth-order valence-corrected chi connectivity index (χ4v) is 5.00. The molecule has 1 aliphatic heterocycles. The molecule has 0 saturated carbocycles. The smallest absolute Gasteiger partial charge is 0.236 e. The van der Waals surface area contributed by atoms with Crippen LogP contribution in [0.4, 0.5) is 0 Å². The molecule has 1 aliphatic rings. The van der Waals surface area contributed by atoms with Crippen molar-refractivity contribution in [2.75, 3.05) is 26.7 Å². The number of piperidine rings is 1. The Morgan fingerprint density at radius 2 is 1.78 bits per heavy atom. The van der Waals surface area contributed by atoms with Crippen LogP contribution >= 0.6 is 0 Å². The van der Waals surface area contributed by atoms with Crippen molar-refractivity contribution in [2.24, 2.45) is 5.92 Å². The average Bonchev–Trinajstić information content (AvgIpc) is 2.82. The molecular formula is C25H33N3O3S. The molecule has 2 aromatic carbocycles. The number of rotatable bonds is 9. The van der Waals surface area contributed by atoms with Crippen molar-refractivity contribution >= 4 is 22.0 Å². The Balaban J connectivity index is 1.48. The van der Waals surface area contributed by atoms with E-state index in [0.717, 1.165) is 24.2 Å². The molecule has 0 radical (unpaired) electrons. The first-order valence-corrected chi connectivity index (χ1v) is 12.6. The summed E-state index contributed by atoms with van der Waals surface area (Å²) in [6.45, 7) is 5.19. The van der Waals surface area contributed by atoms with Gasteiger partial charge in [-0.25, -0.2) is 8.42 Å². The standard InChI is InChI=1S/C25H33N3O3S/c1-3-27(2)20-23-11-7-10-22(18-23)19-26-25(29)24-12-15-28(16-13-24)32(30,31)17-14-21-8-5-4-6-9-21/h4-11,14,17-18,24H,3,12-13,15-16,19-20H2,1-2H3,(H,26,29)/b17-14+. The molecule has 1 fully saturated rings. The largest absolute Gasteiger partial charge is 0.352 e. The van der Waals surface area contributed by atoms with E-state index in [2.05, 4.69) is 36.3 Å². The van der Waals surface area contributed by atoms with Crippen molar-refractivity contribution in [1.82, 2.24) is 14.5 Å². The Hall–Kier alpha value is -2.48. The first kappa shape index (κ1) is 24.2. The second kappa shape index (κ2) is 11.4. The summed E-state index contributed by atoms with van der Waals surface area (Å²) in [6, 6.07) is 17.6. The molecule has 3 rings (SSSR count). The van der Waals surface area contributed by atoms with Crippen molar-refractivity contribution in [1.29, 1.82) is 0 Å². The SMILES string of the molecule is CCN(C)Cc1cccc(CNC(=O)C2CCN(S(=O)(=O)/C=C/c3ccccc3)CC2)c1. The van der Waals surface area contributed by atoms with Crippen molar-refractivity contribution in [3.05, 3.63) is 76.7 Å². The summed E-state index contributed by atoms with van der Waals surface area (Å²) in [7, 11) is -1.40. The van der Waals surface area contributed by atoms with Crippen LogP contribution < -0.4 is 5.32 Å². The molecule has 32 heavy (non-hydrogen) atoms. The van der Waals surface area contributed by atoms with Crippen LogP contribution in [0, 0.1) is 5.92 Å². The molecule has 0 aliphatic carbocycles. The van der Waals surface area contributed by atoms with Crippen LogP contribution in [0.2, 0.25) is 0 Å². The maximum absolute atomic E-state index is 12.6. The maximum Gasteiger partial charge on any atom is 0.236 e. The predicted octanol–water partition coefficient (Wildman–Crippen LogP) is 3.47. The van der Waals surface area contributed by atoms with Gasteiger partial charge in [0, 0.05) is 37.5 Å². The van der Waals surface area contributed by atoms with Crippen LogP contribution in [0.1, 0.15) is 36.5 Å². The van der Waals surface area contributed by atoms with E-state index < -0.39 is 10.0 Å². The number of carbonyl (C=O) groups excluding carboxylic acids is 1. The second-order valence-corrected chi connectivity index (χ2v) is 10.1. The van der Waals surface area contributed by atoms with Gasteiger partial charge >= 0.3 is 0 Å². The topological polar surface area (TPSA) is 69.7 Å². The molecule has 1 amide bonds. The van der Waals surface area contributed by atoms with Crippen LogP contribution in [0.15, 0.2) is 60.0 Å². The summed E-state index contributed by atoms with van der Waals surface area (Å²) in [5, 5.41) is 4.28. The number of nitrogens with zero attached hydrogens (tertiary/aromatic N) is 2. The van der Waals surface area contributed by atoms with Gasteiger partial charge in [-0.2, -0.15) is 4.31 Å². The number of carbonyl (C=O) groups is 1. The van der Waals surface area contributed by atoms with Gasteiger partial charge in [0.2, 0.25) is 15.9 Å². The van der Waals surface area contributed by atoms with Crippen molar-refractivity contribution in [2.45, 2.75) is 32.9 Å². The van der Waals surface area contributed by atoms with Gasteiger partial charge in [0.1, 0.15) is 0 Å². The molecule has 6 nitrogen and oxygen atoms in total. The lowest BCUT2D eigenvalue weighted by atomic mass is 9.97. The summed E-state index contributed by atoms with van der Waals surface area (Å²) >= 11 is 0. The van der Waals surface area contributed by atoms with Gasteiger partial charge in [-0.3, -0.25) is 4.79 Å². The molecule has 0 unspecified atom stereocenters. The molecule has 2 aromatic rings. The van der Waals surface area contributed by atoms with Crippen LogP contribution in [0.25, 0.3) is 6.08 Å². The molecule has 172 valence electrons. The monoisotopic (exact) mass is 455 g/mol.